The van der Waals surface area contributed by atoms with Crippen LogP contribution < -0.4 is 0 Å². The first-order valence-corrected chi connectivity index (χ1v) is 5.49. The lowest BCUT2D eigenvalue weighted by atomic mass is 10.0. The molecule has 0 amide bonds. The summed E-state index contributed by atoms with van der Waals surface area (Å²) >= 11 is 1.82. The number of benzene rings is 1. The van der Waals surface area contributed by atoms with Gasteiger partial charge in [0.2, 0.25) is 0 Å². The van der Waals surface area contributed by atoms with Gasteiger partial charge < -0.3 is 0 Å². The van der Waals surface area contributed by atoms with Gasteiger partial charge in [-0.15, -0.1) is 11.8 Å². The van der Waals surface area contributed by atoms with E-state index in [-0.39, 0.29) is 0 Å². The Morgan fingerprint density at radius 3 is 2.83 bits per heavy atom. The summed E-state index contributed by atoms with van der Waals surface area (Å²) in [6.45, 7) is 4.49. The van der Waals surface area contributed by atoms with Crippen LogP contribution >= 0.6 is 11.8 Å². The van der Waals surface area contributed by atoms with Crippen LogP contribution in [0.25, 0.3) is 0 Å². The van der Waals surface area contributed by atoms with Crippen LogP contribution in [0.4, 0.5) is 0 Å². The third-order valence-corrected chi connectivity index (χ3v) is 2.59. The van der Waals surface area contributed by atoms with Crippen molar-refractivity contribution in [2.75, 3.05) is 6.26 Å². The van der Waals surface area contributed by atoms with E-state index in [0.717, 1.165) is 12.3 Å². The molecule has 1 radical (unpaired) electrons. The van der Waals surface area contributed by atoms with Crippen LogP contribution in [0.3, 0.4) is 0 Å². The average Bonchev–Trinajstić information content (AvgIpc) is 2.04. The lowest BCUT2D eigenvalue weighted by Crippen LogP contribution is -1.95. The molecular weight excluding hydrogens is 164 g/mol. The van der Waals surface area contributed by atoms with Crippen LogP contribution in [0.2, 0.25) is 0 Å². The molecule has 0 saturated heterocycles. The molecule has 0 spiro atoms. The largest absolute Gasteiger partial charge is 0.129 e. The number of rotatable bonds is 3. The van der Waals surface area contributed by atoms with Gasteiger partial charge in [0.25, 0.3) is 0 Å². The van der Waals surface area contributed by atoms with E-state index in [1.165, 1.54) is 10.5 Å². The highest BCUT2D eigenvalue weighted by molar-refractivity contribution is 7.98. The highest BCUT2D eigenvalue weighted by atomic mass is 32.2. The van der Waals surface area contributed by atoms with Crippen molar-refractivity contribution in [2.24, 2.45) is 5.92 Å². The van der Waals surface area contributed by atoms with Gasteiger partial charge in [-0.25, -0.2) is 0 Å². The molecule has 0 heterocycles. The van der Waals surface area contributed by atoms with Gasteiger partial charge >= 0.3 is 0 Å². The minimum atomic E-state index is 0.728. The highest BCUT2D eigenvalue weighted by Gasteiger charge is 2.02. The van der Waals surface area contributed by atoms with Crippen LogP contribution in [0.1, 0.15) is 19.4 Å². The molecule has 1 rings (SSSR count). The molecule has 0 saturated carbocycles. The zero-order valence-corrected chi connectivity index (χ0v) is 8.74. The third kappa shape index (κ3) is 2.56. The van der Waals surface area contributed by atoms with Crippen LogP contribution in [0.15, 0.2) is 23.1 Å². The summed E-state index contributed by atoms with van der Waals surface area (Å²) in [7, 11) is 0. The van der Waals surface area contributed by atoms with Crippen LogP contribution in [0.5, 0.6) is 0 Å². The Balaban J connectivity index is 2.82. The molecule has 1 aromatic rings. The molecule has 0 bridgehead atoms. The SMILES string of the molecule is CSc1cc[c]cc1CC(C)C. The van der Waals surface area contributed by atoms with Crippen molar-refractivity contribution >= 4 is 11.8 Å². The number of hydrogen-bond donors (Lipinski definition) is 0. The molecule has 12 heavy (non-hydrogen) atoms. The first-order valence-electron chi connectivity index (χ1n) is 4.27. The van der Waals surface area contributed by atoms with E-state index >= 15 is 0 Å². The fraction of sp³-hybridized carbons (Fsp3) is 0.455. The number of hydrogen-bond acceptors (Lipinski definition) is 1. The maximum absolute atomic E-state index is 3.13. The molecule has 0 aliphatic carbocycles. The molecule has 65 valence electrons. The summed E-state index contributed by atoms with van der Waals surface area (Å²) < 4.78 is 0. The Morgan fingerprint density at radius 2 is 2.25 bits per heavy atom. The lowest BCUT2D eigenvalue weighted by molar-refractivity contribution is 0.640. The summed E-state index contributed by atoms with van der Waals surface area (Å²) in [4.78, 5) is 1.39. The van der Waals surface area contributed by atoms with Gasteiger partial charge in [-0.3, -0.25) is 0 Å². The molecular formula is C11H15S. The molecule has 0 aliphatic heterocycles. The Labute approximate surface area is 79.4 Å². The van der Waals surface area contributed by atoms with Crippen LogP contribution in [0, 0.1) is 12.0 Å². The Hall–Kier alpha value is -0.430. The summed E-state index contributed by atoms with van der Waals surface area (Å²) in [5.41, 5.74) is 1.43. The van der Waals surface area contributed by atoms with E-state index in [2.05, 4.69) is 38.3 Å². The topological polar surface area (TPSA) is 0 Å². The molecule has 0 N–H and O–H groups in total. The van der Waals surface area contributed by atoms with Gasteiger partial charge in [0.05, 0.1) is 0 Å². The second-order valence-corrected chi connectivity index (χ2v) is 4.18. The quantitative estimate of drug-likeness (QED) is 0.641. The van der Waals surface area contributed by atoms with E-state index in [9.17, 15) is 0 Å². The van der Waals surface area contributed by atoms with Crippen molar-refractivity contribution in [3.63, 3.8) is 0 Å². The smallest absolute Gasteiger partial charge is 0.0102 e. The van der Waals surface area contributed by atoms with E-state index in [1.807, 2.05) is 17.8 Å². The second-order valence-electron chi connectivity index (χ2n) is 3.34. The van der Waals surface area contributed by atoms with Crippen molar-refractivity contribution in [2.45, 2.75) is 25.2 Å². The summed E-state index contributed by atoms with van der Waals surface area (Å²) in [6.07, 6.45) is 3.28. The number of thioether (sulfide) groups is 1. The van der Waals surface area contributed by atoms with Crippen LogP contribution in [-0.2, 0) is 6.42 Å². The first-order chi connectivity index (χ1) is 5.74. The Kier molecular flexibility index (Phi) is 3.67. The average molecular weight is 179 g/mol. The molecule has 0 atom stereocenters. The maximum Gasteiger partial charge on any atom is 0.0102 e. The zero-order chi connectivity index (χ0) is 8.97. The van der Waals surface area contributed by atoms with E-state index in [1.54, 1.807) is 0 Å². The molecule has 1 heteroatoms. The standard InChI is InChI=1S/C11H15S/c1-9(2)8-10-6-4-5-7-11(10)12-3/h5-7,9H,8H2,1-3H3. The zero-order valence-electron chi connectivity index (χ0n) is 7.92. The van der Waals surface area contributed by atoms with E-state index in [4.69, 9.17) is 0 Å². The van der Waals surface area contributed by atoms with Gasteiger partial charge in [0, 0.05) is 4.90 Å². The van der Waals surface area contributed by atoms with Gasteiger partial charge in [0.1, 0.15) is 0 Å². The van der Waals surface area contributed by atoms with E-state index < -0.39 is 0 Å². The summed E-state index contributed by atoms with van der Waals surface area (Å²) in [6, 6.07) is 9.35. The molecule has 0 aliphatic rings. The molecule has 0 unspecified atom stereocenters. The molecule has 0 fully saturated rings. The third-order valence-electron chi connectivity index (χ3n) is 1.75. The van der Waals surface area contributed by atoms with Crippen molar-refractivity contribution in [1.82, 2.24) is 0 Å². The minimum Gasteiger partial charge on any atom is -0.129 e. The van der Waals surface area contributed by atoms with Gasteiger partial charge in [-0.1, -0.05) is 26.0 Å². The fourth-order valence-electron chi connectivity index (χ4n) is 1.25. The van der Waals surface area contributed by atoms with Crippen LogP contribution in [-0.4, -0.2) is 6.26 Å². The fourth-order valence-corrected chi connectivity index (χ4v) is 1.86. The predicted octanol–water partition coefficient (Wildman–Crippen LogP) is 3.41. The lowest BCUT2D eigenvalue weighted by Gasteiger charge is -2.08. The normalized spacial score (nSPS) is 10.7. The van der Waals surface area contributed by atoms with E-state index in [0.29, 0.717) is 0 Å². The predicted molar refractivity (Wildman–Crippen MR) is 55.6 cm³/mol. The molecule has 0 aromatic heterocycles. The van der Waals surface area contributed by atoms with Crippen molar-refractivity contribution in [3.8, 4) is 0 Å². The minimum absolute atomic E-state index is 0.728. The van der Waals surface area contributed by atoms with Gasteiger partial charge in [0.15, 0.2) is 0 Å². The Morgan fingerprint density at radius 1 is 1.50 bits per heavy atom. The molecule has 1 aromatic carbocycles. The Bertz CT molecular complexity index is 241. The van der Waals surface area contributed by atoms with Crippen molar-refractivity contribution < 1.29 is 0 Å². The maximum atomic E-state index is 3.13. The first kappa shape index (κ1) is 9.66. The van der Waals surface area contributed by atoms with Crippen molar-refractivity contribution in [3.05, 3.63) is 29.8 Å². The monoisotopic (exact) mass is 179 g/mol. The summed E-state index contributed by atoms with van der Waals surface area (Å²) in [5, 5.41) is 0. The van der Waals surface area contributed by atoms with Gasteiger partial charge in [-0.2, -0.15) is 0 Å². The van der Waals surface area contributed by atoms with Gasteiger partial charge in [-0.05, 0) is 36.3 Å². The molecule has 0 nitrogen and oxygen atoms in total. The highest BCUT2D eigenvalue weighted by Crippen LogP contribution is 2.21. The summed E-state index contributed by atoms with van der Waals surface area (Å²) in [5.74, 6) is 0.728. The second kappa shape index (κ2) is 4.56. The van der Waals surface area contributed by atoms with Crippen molar-refractivity contribution in [1.29, 1.82) is 0 Å².